The molecule has 1 rings (SSSR count). The third kappa shape index (κ3) is 3.90. The van der Waals surface area contributed by atoms with Crippen molar-refractivity contribution in [2.75, 3.05) is 13.7 Å². The summed E-state index contributed by atoms with van der Waals surface area (Å²) >= 11 is 0. The van der Waals surface area contributed by atoms with Gasteiger partial charge in [0.15, 0.2) is 0 Å². The van der Waals surface area contributed by atoms with Gasteiger partial charge in [0.05, 0.1) is 13.7 Å². The summed E-state index contributed by atoms with van der Waals surface area (Å²) in [6.45, 7) is 4.84. The molecule has 0 bridgehead atoms. The molecule has 4 heteroatoms. The summed E-state index contributed by atoms with van der Waals surface area (Å²) in [4.78, 5) is 15.9. The fourth-order valence-electron chi connectivity index (χ4n) is 1.12. The average molecular weight is 223 g/mol. The minimum atomic E-state index is -0.266. The fraction of sp³-hybridized carbons (Fsp3) is 0.417. The first-order chi connectivity index (χ1) is 7.63. The monoisotopic (exact) mass is 223 g/mol. The molecule has 0 saturated heterocycles. The van der Waals surface area contributed by atoms with Gasteiger partial charge in [0.2, 0.25) is 0 Å². The van der Waals surface area contributed by atoms with Crippen molar-refractivity contribution in [1.29, 1.82) is 0 Å². The maximum atomic E-state index is 11.3. The lowest BCUT2D eigenvalue weighted by Crippen LogP contribution is -2.21. The van der Waals surface area contributed by atoms with Crippen molar-refractivity contribution in [2.45, 2.75) is 13.8 Å². The van der Waals surface area contributed by atoms with E-state index in [1.54, 1.807) is 24.3 Å². The molecule has 1 aromatic carbocycles. The van der Waals surface area contributed by atoms with Gasteiger partial charge in [-0.15, -0.1) is 0 Å². The summed E-state index contributed by atoms with van der Waals surface area (Å²) in [5, 5.41) is 0. The molecule has 1 aromatic rings. The first kappa shape index (κ1) is 12.5. The van der Waals surface area contributed by atoms with E-state index < -0.39 is 0 Å². The van der Waals surface area contributed by atoms with Gasteiger partial charge in [-0.25, -0.2) is 5.48 Å². The number of carbonyl (C=O) groups is 1. The van der Waals surface area contributed by atoms with Crippen LogP contribution in [-0.2, 0) is 4.84 Å². The molecule has 0 aliphatic rings. The highest BCUT2D eigenvalue weighted by Gasteiger charge is 2.04. The molecule has 0 aliphatic heterocycles. The summed E-state index contributed by atoms with van der Waals surface area (Å²) in [5.41, 5.74) is 2.79. The zero-order valence-electron chi connectivity index (χ0n) is 9.82. The summed E-state index contributed by atoms with van der Waals surface area (Å²) in [7, 11) is 1.40. The Hall–Kier alpha value is -1.55. The van der Waals surface area contributed by atoms with Crippen molar-refractivity contribution >= 4 is 5.91 Å². The van der Waals surface area contributed by atoms with Crippen LogP contribution in [0, 0.1) is 5.92 Å². The van der Waals surface area contributed by atoms with Gasteiger partial charge < -0.3 is 4.74 Å². The van der Waals surface area contributed by atoms with Crippen LogP contribution in [0.2, 0.25) is 0 Å². The quantitative estimate of drug-likeness (QED) is 0.777. The number of rotatable bonds is 5. The molecule has 88 valence electrons. The summed E-state index contributed by atoms with van der Waals surface area (Å²) < 4.78 is 5.50. The fourth-order valence-corrected chi connectivity index (χ4v) is 1.12. The topological polar surface area (TPSA) is 47.6 Å². The number of benzene rings is 1. The molecule has 0 radical (unpaired) electrons. The minimum absolute atomic E-state index is 0.266. The molecule has 0 fully saturated rings. The second-order valence-electron chi connectivity index (χ2n) is 3.86. The van der Waals surface area contributed by atoms with Crippen molar-refractivity contribution in [3.05, 3.63) is 29.8 Å². The Morgan fingerprint density at radius 1 is 1.31 bits per heavy atom. The Bertz CT molecular complexity index is 333. The van der Waals surface area contributed by atoms with Gasteiger partial charge in [-0.3, -0.25) is 9.63 Å². The van der Waals surface area contributed by atoms with Gasteiger partial charge >= 0.3 is 0 Å². The van der Waals surface area contributed by atoms with Crippen molar-refractivity contribution in [3.8, 4) is 5.75 Å². The Labute approximate surface area is 95.5 Å². The normalized spacial score (nSPS) is 10.2. The standard InChI is InChI=1S/C12H17NO3/c1-9(2)8-16-11-6-4-10(5-7-11)12(14)13-15-3/h4-7,9H,8H2,1-3H3,(H,13,14). The molecule has 4 nitrogen and oxygen atoms in total. The van der Waals surface area contributed by atoms with Gasteiger partial charge in [0.25, 0.3) is 5.91 Å². The molecular formula is C12H17NO3. The zero-order valence-corrected chi connectivity index (χ0v) is 9.82. The van der Waals surface area contributed by atoms with Crippen LogP contribution in [-0.4, -0.2) is 19.6 Å². The maximum Gasteiger partial charge on any atom is 0.274 e. The highest BCUT2D eigenvalue weighted by Crippen LogP contribution is 2.13. The second kappa shape index (κ2) is 6.12. The lowest BCUT2D eigenvalue weighted by Gasteiger charge is -2.09. The Kier molecular flexibility index (Phi) is 4.79. The molecule has 0 heterocycles. The van der Waals surface area contributed by atoms with E-state index in [1.807, 2.05) is 0 Å². The molecular weight excluding hydrogens is 206 g/mol. The molecule has 0 aliphatic carbocycles. The van der Waals surface area contributed by atoms with Gasteiger partial charge in [0.1, 0.15) is 5.75 Å². The molecule has 1 amide bonds. The summed E-state index contributed by atoms with van der Waals surface area (Å²) in [5.74, 6) is 0.983. The first-order valence-corrected chi connectivity index (χ1v) is 5.19. The van der Waals surface area contributed by atoms with Crippen molar-refractivity contribution in [1.82, 2.24) is 5.48 Å². The number of carbonyl (C=O) groups excluding carboxylic acids is 1. The smallest absolute Gasteiger partial charge is 0.274 e. The van der Waals surface area contributed by atoms with Crippen LogP contribution >= 0.6 is 0 Å². The molecule has 0 spiro atoms. The summed E-state index contributed by atoms with van der Waals surface area (Å²) in [6.07, 6.45) is 0. The van der Waals surface area contributed by atoms with E-state index in [2.05, 4.69) is 24.2 Å². The van der Waals surface area contributed by atoms with E-state index in [-0.39, 0.29) is 5.91 Å². The molecule has 16 heavy (non-hydrogen) atoms. The number of hydrogen-bond donors (Lipinski definition) is 1. The highest BCUT2D eigenvalue weighted by atomic mass is 16.6. The van der Waals surface area contributed by atoms with Gasteiger partial charge in [-0.1, -0.05) is 13.8 Å². The van der Waals surface area contributed by atoms with Gasteiger partial charge in [0, 0.05) is 5.56 Å². The predicted octanol–water partition coefficient (Wildman–Crippen LogP) is 2.01. The Morgan fingerprint density at radius 2 is 1.94 bits per heavy atom. The molecule has 1 N–H and O–H groups in total. The van der Waals surface area contributed by atoms with E-state index in [1.165, 1.54) is 7.11 Å². The van der Waals surface area contributed by atoms with E-state index in [4.69, 9.17) is 4.74 Å². The number of hydrogen-bond acceptors (Lipinski definition) is 3. The molecule has 0 aromatic heterocycles. The van der Waals surface area contributed by atoms with Gasteiger partial charge in [-0.05, 0) is 30.2 Å². The number of amides is 1. The lowest BCUT2D eigenvalue weighted by molar-refractivity contribution is 0.0537. The average Bonchev–Trinajstić information content (AvgIpc) is 2.27. The van der Waals surface area contributed by atoms with Crippen molar-refractivity contribution in [2.24, 2.45) is 5.92 Å². The molecule has 0 saturated carbocycles. The SMILES string of the molecule is CONC(=O)c1ccc(OCC(C)C)cc1. The van der Waals surface area contributed by atoms with Crippen LogP contribution in [0.1, 0.15) is 24.2 Å². The third-order valence-electron chi connectivity index (χ3n) is 1.89. The number of hydroxylamine groups is 1. The molecule has 0 atom stereocenters. The largest absolute Gasteiger partial charge is 0.493 e. The van der Waals surface area contributed by atoms with E-state index in [0.717, 1.165) is 5.75 Å². The van der Waals surface area contributed by atoms with E-state index in [0.29, 0.717) is 18.1 Å². The van der Waals surface area contributed by atoms with Gasteiger partial charge in [-0.2, -0.15) is 0 Å². The predicted molar refractivity (Wildman–Crippen MR) is 61.3 cm³/mol. The highest BCUT2D eigenvalue weighted by molar-refractivity contribution is 5.93. The van der Waals surface area contributed by atoms with Crippen molar-refractivity contribution < 1.29 is 14.4 Å². The van der Waals surface area contributed by atoms with Crippen LogP contribution in [0.25, 0.3) is 0 Å². The Balaban J connectivity index is 2.57. The van der Waals surface area contributed by atoms with Crippen LogP contribution in [0.15, 0.2) is 24.3 Å². The Morgan fingerprint density at radius 3 is 2.44 bits per heavy atom. The maximum absolute atomic E-state index is 11.3. The molecule has 0 unspecified atom stereocenters. The number of nitrogens with one attached hydrogen (secondary N) is 1. The zero-order chi connectivity index (χ0) is 12.0. The van der Waals surface area contributed by atoms with Crippen LogP contribution in [0.4, 0.5) is 0 Å². The van der Waals surface area contributed by atoms with Crippen LogP contribution in [0.5, 0.6) is 5.75 Å². The van der Waals surface area contributed by atoms with Crippen molar-refractivity contribution in [3.63, 3.8) is 0 Å². The van der Waals surface area contributed by atoms with Crippen LogP contribution < -0.4 is 10.2 Å². The van der Waals surface area contributed by atoms with Crippen LogP contribution in [0.3, 0.4) is 0 Å². The lowest BCUT2D eigenvalue weighted by atomic mass is 10.2. The summed E-state index contributed by atoms with van der Waals surface area (Å²) in [6, 6.07) is 6.94. The minimum Gasteiger partial charge on any atom is -0.493 e. The van der Waals surface area contributed by atoms with E-state index >= 15 is 0 Å². The second-order valence-corrected chi connectivity index (χ2v) is 3.86. The number of ether oxygens (including phenoxy) is 1. The van der Waals surface area contributed by atoms with E-state index in [9.17, 15) is 4.79 Å². The first-order valence-electron chi connectivity index (χ1n) is 5.19. The third-order valence-corrected chi connectivity index (χ3v) is 1.89.